The van der Waals surface area contributed by atoms with Gasteiger partial charge >= 0.3 is 6.09 Å². The Labute approximate surface area is 164 Å². The van der Waals surface area contributed by atoms with Crippen LogP contribution in [-0.2, 0) is 14.9 Å². The Kier molecular flexibility index (Phi) is 4.14. The van der Waals surface area contributed by atoms with E-state index in [0.717, 1.165) is 43.1 Å². The van der Waals surface area contributed by atoms with Gasteiger partial charge in [-0.3, -0.25) is 4.79 Å². The van der Waals surface area contributed by atoms with Crippen molar-refractivity contribution in [3.63, 3.8) is 0 Å². The Bertz CT molecular complexity index is 759. The van der Waals surface area contributed by atoms with E-state index in [9.17, 15) is 14.0 Å². The van der Waals surface area contributed by atoms with Gasteiger partial charge in [-0.1, -0.05) is 12.1 Å². The number of amides is 2. The average molecular weight is 386 g/mol. The summed E-state index contributed by atoms with van der Waals surface area (Å²) >= 11 is 0. The number of benzene rings is 1. The van der Waals surface area contributed by atoms with Gasteiger partial charge in [0.2, 0.25) is 5.91 Å². The molecule has 5 fully saturated rings. The third-order valence-corrected chi connectivity index (χ3v) is 7.71. The van der Waals surface area contributed by atoms with E-state index in [1.807, 2.05) is 17.0 Å². The summed E-state index contributed by atoms with van der Waals surface area (Å²) in [5.41, 5.74) is 0.433. The van der Waals surface area contributed by atoms with Gasteiger partial charge in [-0.15, -0.1) is 0 Å². The summed E-state index contributed by atoms with van der Waals surface area (Å²) in [6, 6.07) is 6.63. The molecule has 1 aromatic rings. The third-order valence-electron chi connectivity index (χ3n) is 7.71. The van der Waals surface area contributed by atoms with E-state index in [-0.39, 0.29) is 17.8 Å². The molecule has 1 aliphatic heterocycles. The highest BCUT2D eigenvalue weighted by Gasteiger charge is 2.63. The zero-order chi connectivity index (χ0) is 19.5. The molecule has 6 heteroatoms. The van der Waals surface area contributed by atoms with Crippen molar-refractivity contribution in [2.75, 3.05) is 20.1 Å². The predicted molar refractivity (Wildman–Crippen MR) is 101 cm³/mol. The van der Waals surface area contributed by atoms with Crippen LogP contribution >= 0.6 is 0 Å². The van der Waals surface area contributed by atoms with E-state index in [0.29, 0.717) is 24.9 Å². The molecule has 150 valence electrons. The van der Waals surface area contributed by atoms with Crippen molar-refractivity contribution in [2.24, 2.45) is 23.7 Å². The van der Waals surface area contributed by atoms with Gasteiger partial charge in [0.25, 0.3) is 0 Å². The number of nitrogens with zero attached hydrogens (tertiary/aromatic N) is 1. The molecule has 5 aliphatic rings. The van der Waals surface area contributed by atoms with Gasteiger partial charge in [-0.05, 0) is 73.5 Å². The summed E-state index contributed by atoms with van der Waals surface area (Å²) in [6.07, 6.45) is 5.01. The minimum atomic E-state index is -0.543. The van der Waals surface area contributed by atoms with E-state index < -0.39 is 11.5 Å². The summed E-state index contributed by atoms with van der Waals surface area (Å²) in [6.45, 7) is 0.892. The fourth-order valence-electron chi connectivity index (χ4n) is 6.75. The molecule has 4 aliphatic carbocycles. The zero-order valence-corrected chi connectivity index (χ0v) is 16.2. The molecule has 0 aromatic heterocycles. The van der Waals surface area contributed by atoms with Gasteiger partial charge in [-0.2, -0.15) is 0 Å². The Morgan fingerprint density at radius 3 is 2.14 bits per heavy atom. The minimum absolute atomic E-state index is 0.157. The number of likely N-dealkylation sites (tertiary alicyclic amines) is 1. The first kappa shape index (κ1) is 18.0. The van der Waals surface area contributed by atoms with Crippen LogP contribution in [0.15, 0.2) is 24.3 Å². The van der Waals surface area contributed by atoms with Crippen molar-refractivity contribution in [1.82, 2.24) is 10.2 Å². The normalized spacial score (nSPS) is 36.1. The highest BCUT2D eigenvalue weighted by Crippen LogP contribution is 2.63. The summed E-state index contributed by atoms with van der Waals surface area (Å²) in [7, 11) is 1.53. The fourth-order valence-corrected chi connectivity index (χ4v) is 6.75. The van der Waals surface area contributed by atoms with E-state index in [1.54, 1.807) is 0 Å². The summed E-state index contributed by atoms with van der Waals surface area (Å²) in [5, 5.41) is 2.45. The number of nitrogens with one attached hydrogen (secondary N) is 1. The second-order valence-corrected chi connectivity index (χ2v) is 9.17. The fraction of sp³-hybridized carbons (Fsp3) is 0.636. The molecular weight excluding hydrogens is 359 g/mol. The summed E-state index contributed by atoms with van der Waals surface area (Å²) < 4.78 is 18.9. The van der Waals surface area contributed by atoms with Crippen molar-refractivity contribution in [2.45, 2.75) is 43.6 Å². The van der Waals surface area contributed by atoms with Crippen LogP contribution in [0.5, 0.6) is 0 Å². The van der Waals surface area contributed by atoms with Crippen LogP contribution in [0.1, 0.15) is 37.7 Å². The smallest absolute Gasteiger partial charge is 0.407 e. The number of ether oxygens (including phenoxy) is 1. The molecular formula is C22H27FN2O3. The maximum absolute atomic E-state index is 13.9. The highest BCUT2D eigenvalue weighted by molar-refractivity contribution is 5.90. The molecule has 2 amide bonds. The molecule has 1 aromatic carbocycles. The molecule has 0 spiro atoms. The third kappa shape index (κ3) is 2.56. The second-order valence-electron chi connectivity index (χ2n) is 9.17. The molecule has 1 N–H and O–H groups in total. The number of carbonyl (C=O) groups is 2. The zero-order valence-electron chi connectivity index (χ0n) is 16.2. The Morgan fingerprint density at radius 1 is 1.04 bits per heavy atom. The monoisotopic (exact) mass is 386 g/mol. The molecule has 1 saturated heterocycles. The van der Waals surface area contributed by atoms with E-state index in [4.69, 9.17) is 4.74 Å². The number of hydrogen-bond acceptors (Lipinski definition) is 3. The van der Waals surface area contributed by atoms with Crippen LogP contribution in [0.25, 0.3) is 0 Å². The average Bonchev–Trinajstić information content (AvgIpc) is 2.64. The Balaban J connectivity index is 1.45. The molecule has 4 bridgehead atoms. The number of hydrogen-bond donors (Lipinski definition) is 1. The SMILES string of the molecule is CNC(=O)OC1CN(C(=O)C2(c3ccc(F)cc3)C3CC4CC(C3)CC2C4)C1. The molecule has 0 atom stereocenters. The number of halogens is 1. The Morgan fingerprint density at radius 2 is 1.61 bits per heavy atom. The molecule has 5 nitrogen and oxygen atoms in total. The van der Waals surface area contributed by atoms with Crippen molar-refractivity contribution >= 4 is 12.0 Å². The largest absolute Gasteiger partial charge is 0.442 e. The lowest BCUT2D eigenvalue weighted by Gasteiger charge is -2.62. The number of alkyl carbamates (subject to hydrolysis) is 1. The van der Waals surface area contributed by atoms with Crippen molar-refractivity contribution in [1.29, 1.82) is 0 Å². The van der Waals surface area contributed by atoms with Crippen LogP contribution in [0.2, 0.25) is 0 Å². The van der Waals surface area contributed by atoms with Gasteiger partial charge in [0, 0.05) is 7.05 Å². The van der Waals surface area contributed by atoms with Gasteiger partial charge in [0.1, 0.15) is 11.9 Å². The first-order valence-corrected chi connectivity index (χ1v) is 10.4. The first-order chi connectivity index (χ1) is 13.5. The van der Waals surface area contributed by atoms with Gasteiger partial charge in [0.05, 0.1) is 18.5 Å². The van der Waals surface area contributed by atoms with Gasteiger partial charge < -0.3 is 15.0 Å². The predicted octanol–water partition coefficient (Wildman–Crippen LogP) is 3.09. The number of carbonyl (C=O) groups excluding carboxylic acids is 2. The van der Waals surface area contributed by atoms with Crippen molar-refractivity contribution < 1.29 is 18.7 Å². The van der Waals surface area contributed by atoms with E-state index in [1.165, 1.54) is 25.6 Å². The van der Waals surface area contributed by atoms with Crippen LogP contribution in [0.3, 0.4) is 0 Å². The second kappa shape index (κ2) is 6.46. The van der Waals surface area contributed by atoms with Crippen molar-refractivity contribution in [3.8, 4) is 0 Å². The van der Waals surface area contributed by atoms with Crippen LogP contribution in [0.4, 0.5) is 9.18 Å². The van der Waals surface area contributed by atoms with Crippen LogP contribution < -0.4 is 5.32 Å². The quantitative estimate of drug-likeness (QED) is 0.869. The first-order valence-electron chi connectivity index (χ1n) is 10.4. The van der Waals surface area contributed by atoms with Crippen molar-refractivity contribution in [3.05, 3.63) is 35.6 Å². The summed E-state index contributed by atoms with van der Waals surface area (Å²) in [5.74, 6) is 2.04. The lowest BCUT2D eigenvalue weighted by molar-refractivity contribution is -0.165. The van der Waals surface area contributed by atoms with Gasteiger partial charge in [-0.25, -0.2) is 9.18 Å². The maximum atomic E-state index is 13.9. The molecule has 0 radical (unpaired) electrons. The Hall–Kier alpha value is -2.11. The molecule has 28 heavy (non-hydrogen) atoms. The molecule has 4 saturated carbocycles. The molecule has 6 rings (SSSR count). The maximum Gasteiger partial charge on any atom is 0.407 e. The summed E-state index contributed by atoms with van der Waals surface area (Å²) in [4.78, 5) is 27.2. The van der Waals surface area contributed by atoms with E-state index >= 15 is 0 Å². The number of rotatable bonds is 3. The lowest BCUT2D eigenvalue weighted by atomic mass is 9.43. The lowest BCUT2D eigenvalue weighted by Crippen LogP contribution is -2.67. The molecule has 1 heterocycles. The van der Waals surface area contributed by atoms with Crippen LogP contribution in [0, 0.1) is 29.5 Å². The van der Waals surface area contributed by atoms with Gasteiger partial charge in [0.15, 0.2) is 0 Å². The van der Waals surface area contributed by atoms with E-state index in [2.05, 4.69) is 5.32 Å². The van der Waals surface area contributed by atoms with Crippen LogP contribution in [-0.4, -0.2) is 43.1 Å². The highest BCUT2D eigenvalue weighted by atomic mass is 19.1. The topological polar surface area (TPSA) is 58.6 Å². The standard InChI is InChI=1S/C22H27FN2O3/c1-24-21(27)28-19-11-25(12-19)20(26)22(15-2-4-18(23)5-3-15)16-7-13-6-14(9-16)10-17(22)8-13/h2-5,13-14,16-17,19H,6-12H2,1H3,(H,24,27). The molecule has 0 unspecified atom stereocenters. The minimum Gasteiger partial charge on any atom is -0.442 e.